The van der Waals surface area contributed by atoms with Crippen LogP contribution in [0, 0.1) is 0 Å². The minimum atomic E-state index is -3.13. The normalized spacial score (nSPS) is 19.7. The molecule has 0 spiro atoms. The Bertz CT molecular complexity index is 430. The van der Waals surface area contributed by atoms with Gasteiger partial charge in [-0.3, -0.25) is 0 Å². The molecule has 5 heteroatoms. The number of nitrogens with one attached hydrogen (secondary N) is 1. The van der Waals surface area contributed by atoms with Gasteiger partial charge in [0.2, 0.25) is 10.0 Å². The number of hydrogen-bond donors (Lipinski definition) is 1. The lowest BCUT2D eigenvalue weighted by molar-refractivity contribution is 0.236. The van der Waals surface area contributed by atoms with Gasteiger partial charge in [0.05, 0.1) is 6.26 Å². The largest absolute Gasteiger partial charge is 0.488 e. The highest BCUT2D eigenvalue weighted by atomic mass is 32.2. The average molecular weight is 227 g/mol. The van der Waals surface area contributed by atoms with Gasteiger partial charge in [0.15, 0.2) is 0 Å². The summed E-state index contributed by atoms with van der Waals surface area (Å²) in [5.74, 6) is 0.859. The van der Waals surface area contributed by atoms with Crippen molar-refractivity contribution in [3.8, 4) is 5.75 Å². The molecule has 0 fully saturated rings. The van der Waals surface area contributed by atoms with Crippen molar-refractivity contribution in [2.75, 3.05) is 12.8 Å². The first kappa shape index (κ1) is 10.4. The van der Waals surface area contributed by atoms with Gasteiger partial charge in [0.25, 0.3) is 0 Å². The molecule has 1 aromatic carbocycles. The lowest BCUT2D eigenvalue weighted by Crippen LogP contribution is -2.33. The molecule has 1 heterocycles. The number of ether oxygens (including phenoxy) is 1. The molecular formula is C10H13NO3S. The quantitative estimate of drug-likeness (QED) is 0.820. The van der Waals surface area contributed by atoms with E-state index in [-0.39, 0.29) is 6.10 Å². The van der Waals surface area contributed by atoms with Gasteiger partial charge in [-0.05, 0) is 11.6 Å². The molecule has 1 aliphatic rings. The Hall–Kier alpha value is -1.07. The SMILES string of the molecule is CS(=O)(=O)NCC1Cc2ccccc2O1. The smallest absolute Gasteiger partial charge is 0.208 e. The van der Waals surface area contributed by atoms with Gasteiger partial charge in [-0.1, -0.05) is 18.2 Å². The first-order valence-electron chi connectivity index (χ1n) is 4.74. The van der Waals surface area contributed by atoms with E-state index in [4.69, 9.17) is 4.74 Å². The van der Waals surface area contributed by atoms with Crippen LogP contribution < -0.4 is 9.46 Å². The van der Waals surface area contributed by atoms with E-state index < -0.39 is 10.0 Å². The second kappa shape index (κ2) is 3.83. The second-order valence-corrected chi connectivity index (χ2v) is 5.51. The number of fused-ring (bicyclic) bond motifs is 1. The maximum Gasteiger partial charge on any atom is 0.208 e. The molecule has 1 aromatic rings. The summed E-state index contributed by atoms with van der Waals surface area (Å²) in [6.07, 6.45) is 1.82. The van der Waals surface area contributed by atoms with Crippen LogP contribution in [0.3, 0.4) is 0 Å². The van der Waals surface area contributed by atoms with Gasteiger partial charge in [-0.25, -0.2) is 13.1 Å². The zero-order valence-electron chi connectivity index (χ0n) is 8.43. The zero-order valence-corrected chi connectivity index (χ0v) is 9.25. The Labute approximate surface area is 89.3 Å². The number of para-hydroxylation sites is 1. The summed E-state index contributed by atoms with van der Waals surface area (Å²) in [7, 11) is -3.13. The van der Waals surface area contributed by atoms with Crippen LogP contribution in [0.5, 0.6) is 5.75 Å². The molecule has 1 atom stereocenters. The van der Waals surface area contributed by atoms with Crippen molar-refractivity contribution in [2.45, 2.75) is 12.5 Å². The van der Waals surface area contributed by atoms with E-state index in [1.807, 2.05) is 24.3 Å². The molecule has 1 aliphatic heterocycles. The van der Waals surface area contributed by atoms with Gasteiger partial charge < -0.3 is 4.74 Å². The maximum atomic E-state index is 10.9. The summed E-state index contributed by atoms with van der Waals surface area (Å²) >= 11 is 0. The van der Waals surface area contributed by atoms with Gasteiger partial charge in [-0.2, -0.15) is 0 Å². The molecular weight excluding hydrogens is 214 g/mol. The van der Waals surface area contributed by atoms with E-state index >= 15 is 0 Å². The van der Waals surface area contributed by atoms with Crippen molar-refractivity contribution in [3.05, 3.63) is 29.8 Å². The third-order valence-electron chi connectivity index (χ3n) is 2.29. The first-order chi connectivity index (χ1) is 7.04. The van der Waals surface area contributed by atoms with Crippen LogP contribution in [-0.2, 0) is 16.4 Å². The molecule has 0 radical (unpaired) electrons. The highest BCUT2D eigenvalue weighted by molar-refractivity contribution is 7.88. The van der Waals surface area contributed by atoms with Crippen molar-refractivity contribution in [1.29, 1.82) is 0 Å². The summed E-state index contributed by atoms with van der Waals surface area (Å²) < 4.78 is 29.8. The monoisotopic (exact) mass is 227 g/mol. The van der Waals surface area contributed by atoms with E-state index in [9.17, 15) is 8.42 Å². The Morgan fingerprint density at radius 1 is 1.47 bits per heavy atom. The molecule has 4 nitrogen and oxygen atoms in total. The second-order valence-electron chi connectivity index (χ2n) is 3.67. The lowest BCUT2D eigenvalue weighted by atomic mass is 10.1. The van der Waals surface area contributed by atoms with Crippen molar-refractivity contribution in [1.82, 2.24) is 4.72 Å². The molecule has 2 rings (SSSR count). The van der Waals surface area contributed by atoms with E-state index in [2.05, 4.69) is 4.72 Å². The van der Waals surface area contributed by atoms with Crippen molar-refractivity contribution in [2.24, 2.45) is 0 Å². The Kier molecular flexibility index (Phi) is 2.67. The van der Waals surface area contributed by atoms with Crippen LogP contribution >= 0.6 is 0 Å². The maximum absolute atomic E-state index is 10.9. The van der Waals surface area contributed by atoms with E-state index in [1.165, 1.54) is 0 Å². The zero-order chi connectivity index (χ0) is 10.9. The van der Waals surface area contributed by atoms with Crippen LogP contribution in [-0.4, -0.2) is 27.3 Å². The van der Waals surface area contributed by atoms with E-state index in [0.29, 0.717) is 6.54 Å². The Morgan fingerprint density at radius 3 is 2.87 bits per heavy atom. The Balaban J connectivity index is 1.96. The molecule has 0 saturated heterocycles. The lowest BCUT2D eigenvalue weighted by Gasteiger charge is -2.10. The molecule has 0 amide bonds. The molecule has 0 bridgehead atoms. The minimum absolute atomic E-state index is 0.0860. The third-order valence-corrected chi connectivity index (χ3v) is 2.98. The van der Waals surface area contributed by atoms with Crippen LogP contribution in [0.2, 0.25) is 0 Å². The topological polar surface area (TPSA) is 55.4 Å². The standard InChI is InChI=1S/C10H13NO3S/c1-15(12,13)11-7-9-6-8-4-2-3-5-10(8)14-9/h2-5,9,11H,6-7H2,1H3. The fourth-order valence-corrected chi connectivity index (χ4v) is 2.10. The predicted octanol–water partition coefficient (Wildman–Crippen LogP) is 0.539. The molecule has 1 N–H and O–H groups in total. The van der Waals surface area contributed by atoms with Gasteiger partial charge in [0.1, 0.15) is 11.9 Å². The van der Waals surface area contributed by atoms with Crippen molar-refractivity contribution < 1.29 is 13.2 Å². The fourth-order valence-electron chi connectivity index (χ4n) is 1.61. The molecule has 0 aliphatic carbocycles. The average Bonchev–Trinajstić information content (AvgIpc) is 2.56. The number of hydrogen-bond acceptors (Lipinski definition) is 3. The third kappa shape index (κ3) is 2.70. The molecule has 82 valence electrons. The molecule has 15 heavy (non-hydrogen) atoms. The minimum Gasteiger partial charge on any atom is -0.488 e. The highest BCUT2D eigenvalue weighted by Gasteiger charge is 2.22. The highest BCUT2D eigenvalue weighted by Crippen LogP contribution is 2.27. The first-order valence-corrected chi connectivity index (χ1v) is 6.63. The molecule has 0 aromatic heterocycles. The van der Waals surface area contributed by atoms with Crippen LogP contribution in [0.15, 0.2) is 24.3 Å². The Morgan fingerprint density at radius 2 is 2.20 bits per heavy atom. The number of rotatable bonds is 3. The van der Waals surface area contributed by atoms with Crippen LogP contribution in [0.4, 0.5) is 0 Å². The van der Waals surface area contributed by atoms with Crippen LogP contribution in [0.25, 0.3) is 0 Å². The number of sulfonamides is 1. The van der Waals surface area contributed by atoms with Crippen molar-refractivity contribution >= 4 is 10.0 Å². The summed E-state index contributed by atoms with van der Waals surface area (Å²) in [5, 5.41) is 0. The van der Waals surface area contributed by atoms with Crippen molar-refractivity contribution in [3.63, 3.8) is 0 Å². The molecule has 0 saturated carbocycles. The van der Waals surface area contributed by atoms with E-state index in [1.54, 1.807) is 0 Å². The summed E-state index contributed by atoms with van der Waals surface area (Å²) in [6.45, 7) is 0.327. The molecule has 1 unspecified atom stereocenters. The number of benzene rings is 1. The summed E-state index contributed by atoms with van der Waals surface area (Å²) in [5.41, 5.74) is 1.14. The van der Waals surface area contributed by atoms with Crippen LogP contribution in [0.1, 0.15) is 5.56 Å². The van der Waals surface area contributed by atoms with Gasteiger partial charge >= 0.3 is 0 Å². The summed E-state index contributed by atoms with van der Waals surface area (Å²) in [6, 6.07) is 7.76. The van der Waals surface area contributed by atoms with E-state index in [0.717, 1.165) is 24.0 Å². The fraction of sp³-hybridized carbons (Fsp3) is 0.400. The predicted molar refractivity (Wildman–Crippen MR) is 57.4 cm³/mol. The van der Waals surface area contributed by atoms with Gasteiger partial charge in [-0.15, -0.1) is 0 Å². The summed E-state index contributed by atoms with van der Waals surface area (Å²) in [4.78, 5) is 0. The van der Waals surface area contributed by atoms with Gasteiger partial charge in [0, 0.05) is 13.0 Å².